The molecule has 0 atom stereocenters. The molecule has 0 aromatic carbocycles. The number of esters is 1. The first-order valence-corrected chi connectivity index (χ1v) is 6.66. The minimum Gasteiger partial charge on any atom is -0.463 e. The highest BCUT2D eigenvalue weighted by Gasteiger charge is 2.18. The Morgan fingerprint density at radius 3 is 3.00 bits per heavy atom. The molecule has 7 nitrogen and oxygen atoms in total. The molecule has 0 spiro atoms. The number of hydrogen-bond acceptors (Lipinski definition) is 6. The van der Waals surface area contributed by atoms with E-state index in [0.29, 0.717) is 11.4 Å². The fourth-order valence-electron chi connectivity index (χ4n) is 2.43. The number of fused-ring (bicyclic) bond motifs is 1. The normalized spacial score (nSPS) is 13.3. The van der Waals surface area contributed by atoms with Gasteiger partial charge in [0.15, 0.2) is 5.82 Å². The zero-order valence-electron chi connectivity index (χ0n) is 11.5. The molecule has 0 radical (unpaired) electrons. The first kappa shape index (κ1) is 13.2. The van der Waals surface area contributed by atoms with Crippen molar-refractivity contribution in [3.8, 4) is 11.9 Å². The minimum absolute atomic E-state index is 0.0547. The molecule has 0 saturated heterocycles. The zero-order chi connectivity index (χ0) is 14.8. The van der Waals surface area contributed by atoms with Crippen molar-refractivity contribution in [3.63, 3.8) is 0 Å². The van der Waals surface area contributed by atoms with Gasteiger partial charge in [-0.3, -0.25) is 0 Å². The maximum absolute atomic E-state index is 11.4. The van der Waals surface area contributed by atoms with Gasteiger partial charge >= 0.3 is 5.97 Å². The summed E-state index contributed by atoms with van der Waals surface area (Å²) in [6.45, 7) is 0. The Kier molecular flexibility index (Phi) is 3.36. The molecule has 2 heterocycles. The Bertz CT molecular complexity index is 744. The highest BCUT2D eigenvalue weighted by Crippen LogP contribution is 2.23. The van der Waals surface area contributed by atoms with E-state index in [2.05, 4.69) is 25.9 Å². The second kappa shape index (κ2) is 5.32. The van der Waals surface area contributed by atoms with E-state index in [-0.39, 0.29) is 5.82 Å². The lowest BCUT2D eigenvalue weighted by molar-refractivity contribution is 0.0587. The van der Waals surface area contributed by atoms with Crippen molar-refractivity contribution in [3.05, 3.63) is 35.0 Å². The van der Waals surface area contributed by atoms with Gasteiger partial charge in [0.05, 0.1) is 12.7 Å². The number of nitriles is 1. The molecule has 21 heavy (non-hydrogen) atoms. The molecule has 3 rings (SSSR count). The summed E-state index contributed by atoms with van der Waals surface area (Å²) < 4.78 is 5.92. The molecule has 1 aliphatic rings. The van der Waals surface area contributed by atoms with Gasteiger partial charge < -0.3 is 4.74 Å². The predicted molar refractivity (Wildman–Crippen MR) is 71.9 cm³/mol. The molecule has 0 amide bonds. The van der Waals surface area contributed by atoms with E-state index in [0.717, 1.165) is 36.9 Å². The van der Waals surface area contributed by atoms with Gasteiger partial charge in [0.25, 0.3) is 5.82 Å². The average Bonchev–Trinajstić information content (AvgIpc) is 3.02. The fraction of sp³-hybridized carbons (Fsp3) is 0.357. The molecule has 0 bridgehead atoms. The third-order valence-corrected chi connectivity index (χ3v) is 3.48. The smallest absolute Gasteiger partial charge is 0.377 e. The molecule has 0 fully saturated rings. The van der Waals surface area contributed by atoms with Crippen molar-refractivity contribution in [2.75, 3.05) is 7.11 Å². The minimum atomic E-state index is -0.620. The summed E-state index contributed by atoms with van der Waals surface area (Å²) in [5.74, 6) is -0.271. The van der Waals surface area contributed by atoms with Crippen LogP contribution in [-0.2, 0) is 17.6 Å². The van der Waals surface area contributed by atoms with Crippen LogP contribution in [0.15, 0.2) is 12.4 Å². The Labute approximate surface area is 121 Å². The number of hydrogen-bond donors (Lipinski definition) is 0. The van der Waals surface area contributed by atoms with Gasteiger partial charge in [-0.25, -0.2) is 19.4 Å². The van der Waals surface area contributed by atoms with Crippen LogP contribution in [0.4, 0.5) is 0 Å². The lowest BCUT2D eigenvalue weighted by atomic mass is 9.95. The van der Waals surface area contributed by atoms with Crippen molar-refractivity contribution in [1.82, 2.24) is 19.7 Å². The molecule has 2 aromatic rings. The van der Waals surface area contributed by atoms with Gasteiger partial charge in [-0.05, 0) is 37.3 Å². The summed E-state index contributed by atoms with van der Waals surface area (Å²) in [5.41, 5.74) is 2.54. The van der Waals surface area contributed by atoms with Crippen LogP contribution in [0.3, 0.4) is 0 Å². The summed E-state index contributed by atoms with van der Waals surface area (Å²) in [7, 11) is 1.26. The Morgan fingerprint density at radius 2 is 2.24 bits per heavy atom. The number of rotatable bonds is 2. The van der Waals surface area contributed by atoms with Crippen molar-refractivity contribution < 1.29 is 9.53 Å². The summed E-state index contributed by atoms with van der Waals surface area (Å²) >= 11 is 0. The number of carbonyl (C=O) groups is 1. The molecule has 0 unspecified atom stereocenters. The van der Waals surface area contributed by atoms with Crippen LogP contribution in [0.25, 0.3) is 5.82 Å². The number of carbonyl (C=O) groups excluding carboxylic acids is 1. The third kappa shape index (κ3) is 2.36. The molecule has 0 aliphatic heterocycles. The quantitative estimate of drug-likeness (QED) is 0.769. The second-order valence-corrected chi connectivity index (χ2v) is 4.79. The van der Waals surface area contributed by atoms with Gasteiger partial charge in [0.2, 0.25) is 0 Å². The van der Waals surface area contributed by atoms with E-state index in [4.69, 9.17) is 0 Å². The molecule has 2 aromatic heterocycles. The number of pyridine rings is 1. The van der Waals surface area contributed by atoms with Crippen LogP contribution < -0.4 is 0 Å². The number of nitrogens with zero attached hydrogens (tertiary/aromatic N) is 5. The van der Waals surface area contributed by atoms with E-state index in [9.17, 15) is 10.1 Å². The van der Waals surface area contributed by atoms with Gasteiger partial charge in [-0.2, -0.15) is 5.26 Å². The van der Waals surface area contributed by atoms with Crippen LogP contribution in [-0.4, -0.2) is 32.8 Å². The van der Waals surface area contributed by atoms with E-state index < -0.39 is 5.97 Å². The maximum Gasteiger partial charge on any atom is 0.377 e. The standard InChI is InChI=1S/C14H13N5O2/c1-21-14(20)12-16-8-19(18-12)13-10(7-15)6-9-4-2-3-5-11(9)17-13/h6,8H,2-5H2,1H3. The van der Waals surface area contributed by atoms with Crippen LogP contribution in [0.1, 0.15) is 40.3 Å². The third-order valence-electron chi connectivity index (χ3n) is 3.48. The van der Waals surface area contributed by atoms with Crippen LogP contribution >= 0.6 is 0 Å². The topological polar surface area (TPSA) is 93.7 Å². The Morgan fingerprint density at radius 1 is 1.43 bits per heavy atom. The Hall–Kier alpha value is -2.75. The van der Waals surface area contributed by atoms with Crippen LogP contribution in [0.2, 0.25) is 0 Å². The molecule has 0 N–H and O–H groups in total. The highest BCUT2D eigenvalue weighted by atomic mass is 16.5. The zero-order valence-corrected chi connectivity index (χ0v) is 11.5. The predicted octanol–water partition coefficient (Wildman–Crippen LogP) is 1.20. The second-order valence-electron chi connectivity index (χ2n) is 4.79. The lowest BCUT2D eigenvalue weighted by Crippen LogP contribution is -2.12. The monoisotopic (exact) mass is 283 g/mol. The van der Waals surface area contributed by atoms with E-state index in [1.165, 1.54) is 18.1 Å². The van der Waals surface area contributed by atoms with Crippen molar-refractivity contribution >= 4 is 5.97 Å². The van der Waals surface area contributed by atoms with E-state index in [1.54, 1.807) is 0 Å². The number of aryl methyl sites for hydroxylation is 2. The fourth-order valence-corrected chi connectivity index (χ4v) is 2.43. The van der Waals surface area contributed by atoms with Crippen LogP contribution in [0.5, 0.6) is 0 Å². The molecule has 7 heteroatoms. The first-order chi connectivity index (χ1) is 10.2. The number of ether oxygens (including phenoxy) is 1. The van der Waals surface area contributed by atoms with E-state index in [1.807, 2.05) is 6.07 Å². The van der Waals surface area contributed by atoms with Crippen molar-refractivity contribution in [1.29, 1.82) is 5.26 Å². The van der Waals surface area contributed by atoms with Gasteiger partial charge in [-0.1, -0.05) is 0 Å². The molecular formula is C14H13N5O2. The number of aromatic nitrogens is 4. The van der Waals surface area contributed by atoms with Gasteiger partial charge in [0, 0.05) is 5.69 Å². The van der Waals surface area contributed by atoms with Crippen molar-refractivity contribution in [2.24, 2.45) is 0 Å². The first-order valence-electron chi connectivity index (χ1n) is 6.66. The number of methoxy groups -OCH3 is 1. The molecule has 0 saturated carbocycles. The average molecular weight is 283 g/mol. The largest absolute Gasteiger partial charge is 0.463 e. The highest BCUT2D eigenvalue weighted by molar-refractivity contribution is 5.84. The summed E-state index contributed by atoms with van der Waals surface area (Å²) in [4.78, 5) is 19.8. The van der Waals surface area contributed by atoms with Crippen molar-refractivity contribution in [2.45, 2.75) is 25.7 Å². The van der Waals surface area contributed by atoms with E-state index >= 15 is 0 Å². The van der Waals surface area contributed by atoms with Gasteiger partial charge in [-0.15, -0.1) is 5.10 Å². The molecule has 1 aliphatic carbocycles. The summed E-state index contributed by atoms with van der Waals surface area (Å²) in [6, 6.07) is 3.99. The van der Waals surface area contributed by atoms with Gasteiger partial charge in [0.1, 0.15) is 12.4 Å². The molecule has 106 valence electrons. The van der Waals surface area contributed by atoms with Crippen LogP contribution in [0, 0.1) is 11.3 Å². The lowest BCUT2D eigenvalue weighted by Gasteiger charge is -2.16. The SMILES string of the molecule is COC(=O)c1ncn(-c2nc3c(cc2C#N)CCCC3)n1. The summed E-state index contributed by atoms with van der Waals surface area (Å²) in [6.07, 6.45) is 5.42. The Balaban J connectivity index is 2.07. The maximum atomic E-state index is 11.4. The summed E-state index contributed by atoms with van der Waals surface area (Å²) in [5, 5.41) is 13.3. The molecular weight excluding hydrogens is 270 g/mol.